The fourth-order valence-corrected chi connectivity index (χ4v) is 4.27. The first-order valence-corrected chi connectivity index (χ1v) is 9.38. The quantitative estimate of drug-likeness (QED) is 0.821. The number of ether oxygens (including phenoxy) is 2. The average Bonchev–Trinajstić information content (AvgIpc) is 3.27. The maximum absolute atomic E-state index is 13.0. The molecule has 1 atom stereocenters. The SMILES string of the molecule is COc1ccc(CC(=O)N2C[C@H](c3nc(C)no3)C3(CCOCC3)C2)cc1. The zero-order valence-corrected chi connectivity index (χ0v) is 15.8. The van der Waals surface area contributed by atoms with Crippen LogP contribution in [0.2, 0.25) is 0 Å². The molecule has 27 heavy (non-hydrogen) atoms. The van der Waals surface area contributed by atoms with Crippen molar-refractivity contribution in [1.29, 1.82) is 0 Å². The maximum atomic E-state index is 13.0. The van der Waals surface area contributed by atoms with Crippen molar-refractivity contribution in [2.75, 3.05) is 33.4 Å². The minimum Gasteiger partial charge on any atom is -0.497 e. The van der Waals surface area contributed by atoms with Gasteiger partial charge in [0.15, 0.2) is 5.82 Å². The monoisotopic (exact) mass is 371 g/mol. The standard InChI is InChI=1S/C20H25N3O4/c1-14-21-19(27-22-14)17-12-23(13-20(17)7-9-26-10-8-20)18(24)11-15-3-5-16(25-2)6-4-15/h3-6,17H,7-13H2,1-2H3/t17-/m1/s1. The lowest BCUT2D eigenvalue weighted by Crippen LogP contribution is -2.37. The molecule has 1 aromatic heterocycles. The molecule has 2 aliphatic rings. The number of aromatic nitrogens is 2. The first-order chi connectivity index (χ1) is 13.1. The van der Waals surface area contributed by atoms with Crippen LogP contribution in [-0.2, 0) is 16.0 Å². The third-order valence-electron chi connectivity index (χ3n) is 5.84. The first-order valence-electron chi connectivity index (χ1n) is 9.38. The van der Waals surface area contributed by atoms with Crippen molar-refractivity contribution in [3.8, 4) is 5.75 Å². The third-order valence-corrected chi connectivity index (χ3v) is 5.84. The number of rotatable bonds is 4. The molecule has 0 N–H and O–H groups in total. The lowest BCUT2D eigenvalue weighted by atomic mass is 9.72. The summed E-state index contributed by atoms with van der Waals surface area (Å²) >= 11 is 0. The highest BCUT2D eigenvalue weighted by Crippen LogP contribution is 2.49. The van der Waals surface area contributed by atoms with Gasteiger partial charge in [0.25, 0.3) is 0 Å². The molecule has 0 aliphatic carbocycles. The molecule has 4 rings (SSSR count). The second-order valence-electron chi connectivity index (χ2n) is 7.51. The van der Waals surface area contributed by atoms with E-state index in [1.807, 2.05) is 36.1 Å². The highest BCUT2D eigenvalue weighted by molar-refractivity contribution is 5.79. The lowest BCUT2D eigenvalue weighted by Gasteiger charge is -2.36. The van der Waals surface area contributed by atoms with Crippen LogP contribution in [-0.4, -0.2) is 54.4 Å². The molecular weight excluding hydrogens is 346 g/mol. The summed E-state index contributed by atoms with van der Waals surface area (Å²) in [5.41, 5.74) is 0.950. The number of amides is 1. The van der Waals surface area contributed by atoms with E-state index in [2.05, 4.69) is 10.1 Å². The van der Waals surface area contributed by atoms with Gasteiger partial charge < -0.3 is 18.9 Å². The molecular formula is C20H25N3O4. The van der Waals surface area contributed by atoms with Crippen molar-refractivity contribution < 1.29 is 18.8 Å². The molecule has 1 spiro atoms. The van der Waals surface area contributed by atoms with Gasteiger partial charge in [0.2, 0.25) is 11.8 Å². The molecule has 0 radical (unpaired) electrons. The van der Waals surface area contributed by atoms with Gasteiger partial charge in [-0.25, -0.2) is 0 Å². The normalized spacial score (nSPS) is 21.6. The molecule has 7 heteroatoms. The van der Waals surface area contributed by atoms with Gasteiger partial charge in [-0.3, -0.25) is 4.79 Å². The van der Waals surface area contributed by atoms with Gasteiger partial charge in [-0.05, 0) is 37.5 Å². The van der Waals surface area contributed by atoms with Crippen molar-refractivity contribution in [1.82, 2.24) is 15.0 Å². The number of carbonyl (C=O) groups excluding carboxylic acids is 1. The number of aryl methyl sites for hydroxylation is 1. The molecule has 2 aromatic rings. The van der Waals surface area contributed by atoms with Gasteiger partial charge in [-0.1, -0.05) is 17.3 Å². The Balaban J connectivity index is 1.52. The summed E-state index contributed by atoms with van der Waals surface area (Å²) in [4.78, 5) is 19.4. The molecule has 7 nitrogen and oxygen atoms in total. The van der Waals surface area contributed by atoms with Gasteiger partial charge in [-0.15, -0.1) is 0 Å². The summed E-state index contributed by atoms with van der Waals surface area (Å²) in [6.07, 6.45) is 2.20. The molecule has 0 unspecified atom stereocenters. The number of hydrogen-bond donors (Lipinski definition) is 0. The Morgan fingerprint density at radius 1 is 1.30 bits per heavy atom. The maximum Gasteiger partial charge on any atom is 0.232 e. The van der Waals surface area contributed by atoms with Crippen molar-refractivity contribution >= 4 is 5.91 Å². The highest BCUT2D eigenvalue weighted by atomic mass is 16.5. The van der Waals surface area contributed by atoms with E-state index in [9.17, 15) is 4.79 Å². The molecule has 1 aromatic carbocycles. The minimum atomic E-state index is -0.0349. The van der Waals surface area contributed by atoms with E-state index in [4.69, 9.17) is 14.0 Å². The summed E-state index contributed by atoms with van der Waals surface area (Å²) in [6.45, 7) is 4.59. The fraction of sp³-hybridized carbons (Fsp3) is 0.550. The van der Waals surface area contributed by atoms with E-state index in [1.165, 1.54) is 0 Å². The average molecular weight is 371 g/mol. The number of hydrogen-bond acceptors (Lipinski definition) is 6. The summed E-state index contributed by atoms with van der Waals surface area (Å²) in [7, 11) is 1.64. The lowest BCUT2D eigenvalue weighted by molar-refractivity contribution is -0.130. The van der Waals surface area contributed by atoms with E-state index in [0.717, 1.165) is 30.7 Å². The fourth-order valence-electron chi connectivity index (χ4n) is 4.27. The zero-order valence-electron chi connectivity index (χ0n) is 15.8. The van der Waals surface area contributed by atoms with Crippen LogP contribution in [0.3, 0.4) is 0 Å². The van der Waals surface area contributed by atoms with Crippen LogP contribution in [0.15, 0.2) is 28.8 Å². The number of methoxy groups -OCH3 is 1. The van der Waals surface area contributed by atoms with Crippen LogP contribution in [0.1, 0.15) is 36.0 Å². The van der Waals surface area contributed by atoms with Crippen LogP contribution in [0, 0.1) is 12.3 Å². The predicted molar refractivity (Wildman–Crippen MR) is 97.5 cm³/mol. The Labute approximate surface area is 158 Å². The Bertz CT molecular complexity index is 796. The Hall–Kier alpha value is -2.41. The highest BCUT2D eigenvalue weighted by Gasteiger charge is 2.51. The minimum absolute atomic E-state index is 0.0349. The van der Waals surface area contributed by atoms with E-state index in [-0.39, 0.29) is 17.2 Å². The summed E-state index contributed by atoms with van der Waals surface area (Å²) in [6, 6.07) is 7.65. The van der Waals surface area contributed by atoms with Gasteiger partial charge in [0.1, 0.15) is 5.75 Å². The van der Waals surface area contributed by atoms with Crippen molar-refractivity contribution in [2.24, 2.45) is 5.41 Å². The van der Waals surface area contributed by atoms with Gasteiger partial charge in [0.05, 0.1) is 19.4 Å². The van der Waals surface area contributed by atoms with Crippen molar-refractivity contribution in [3.05, 3.63) is 41.5 Å². The summed E-state index contributed by atoms with van der Waals surface area (Å²) in [5, 5.41) is 3.96. The van der Waals surface area contributed by atoms with E-state index >= 15 is 0 Å². The number of likely N-dealkylation sites (tertiary alicyclic amines) is 1. The van der Waals surface area contributed by atoms with Crippen LogP contribution >= 0.6 is 0 Å². The molecule has 0 saturated carbocycles. The molecule has 3 heterocycles. The largest absolute Gasteiger partial charge is 0.497 e. The van der Waals surface area contributed by atoms with Crippen LogP contribution in [0.4, 0.5) is 0 Å². The third kappa shape index (κ3) is 3.56. The molecule has 2 aliphatic heterocycles. The zero-order chi connectivity index (χ0) is 18.9. The summed E-state index contributed by atoms with van der Waals surface area (Å²) in [5.74, 6) is 2.27. The molecule has 2 fully saturated rings. The second-order valence-corrected chi connectivity index (χ2v) is 7.51. The van der Waals surface area contributed by atoms with Crippen LogP contribution in [0.25, 0.3) is 0 Å². The van der Waals surface area contributed by atoms with Crippen LogP contribution in [0.5, 0.6) is 5.75 Å². The predicted octanol–water partition coefficient (Wildman–Crippen LogP) is 2.35. The number of nitrogens with zero attached hydrogens (tertiary/aromatic N) is 3. The Kier molecular flexibility index (Phi) is 4.86. The first kappa shape index (κ1) is 18.0. The van der Waals surface area contributed by atoms with Gasteiger partial charge in [-0.2, -0.15) is 4.98 Å². The van der Waals surface area contributed by atoms with Gasteiger partial charge >= 0.3 is 0 Å². The van der Waals surface area contributed by atoms with Crippen molar-refractivity contribution in [3.63, 3.8) is 0 Å². The Morgan fingerprint density at radius 2 is 2.04 bits per heavy atom. The van der Waals surface area contributed by atoms with E-state index < -0.39 is 0 Å². The van der Waals surface area contributed by atoms with Gasteiger partial charge in [0, 0.05) is 31.7 Å². The van der Waals surface area contributed by atoms with E-state index in [0.29, 0.717) is 37.9 Å². The molecule has 1 amide bonds. The molecule has 0 bridgehead atoms. The van der Waals surface area contributed by atoms with Crippen molar-refractivity contribution in [2.45, 2.75) is 32.1 Å². The Morgan fingerprint density at radius 3 is 2.67 bits per heavy atom. The topological polar surface area (TPSA) is 77.7 Å². The van der Waals surface area contributed by atoms with E-state index in [1.54, 1.807) is 7.11 Å². The number of benzene rings is 1. The molecule has 144 valence electrons. The second kappa shape index (κ2) is 7.31. The molecule has 2 saturated heterocycles. The van der Waals surface area contributed by atoms with Crippen LogP contribution < -0.4 is 4.74 Å². The smallest absolute Gasteiger partial charge is 0.232 e. The summed E-state index contributed by atoms with van der Waals surface area (Å²) < 4.78 is 16.3. The number of carbonyl (C=O) groups is 1.